The lowest BCUT2D eigenvalue weighted by molar-refractivity contribution is 0.00210. The van der Waals surface area contributed by atoms with Gasteiger partial charge in [-0.25, -0.2) is 4.39 Å². The molecule has 110 valence electrons. The molecule has 1 heterocycles. The maximum atomic E-state index is 13.5. The third-order valence-electron chi connectivity index (χ3n) is 3.39. The Kier molecular flexibility index (Phi) is 5.54. The first-order valence-electron chi connectivity index (χ1n) is 6.97. The molecule has 3 nitrogen and oxygen atoms in total. The van der Waals surface area contributed by atoms with Crippen LogP contribution in [0.4, 0.5) is 4.39 Å². The number of benzene rings is 1. The van der Waals surface area contributed by atoms with Gasteiger partial charge < -0.3 is 9.64 Å². The van der Waals surface area contributed by atoms with Crippen molar-refractivity contribution in [1.82, 2.24) is 4.90 Å². The van der Waals surface area contributed by atoms with E-state index >= 15 is 0 Å². The number of hydrogen-bond donors (Lipinski definition) is 0. The summed E-state index contributed by atoms with van der Waals surface area (Å²) in [7, 11) is 0. The minimum Gasteiger partial charge on any atom is -0.376 e. The van der Waals surface area contributed by atoms with E-state index in [0.29, 0.717) is 23.1 Å². The van der Waals surface area contributed by atoms with Crippen LogP contribution in [0.15, 0.2) is 22.7 Å². The Bertz CT molecular complexity index is 481. The molecule has 1 unspecified atom stereocenters. The third kappa shape index (κ3) is 3.79. The van der Waals surface area contributed by atoms with Crippen LogP contribution in [0, 0.1) is 5.82 Å². The molecule has 5 heteroatoms. The fourth-order valence-electron chi connectivity index (χ4n) is 2.35. The Hall–Kier alpha value is -0.940. The second-order valence-electron chi connectivity index (χ2n) is 5.02. The normalized spacial score (nSPS) is 19.1. The summed E-state index contributed by atoms with van der Waals surface area (Å²) in [5.41, 5.74) is 0.391. The Morgan fingerprint density at radius 3 is 3.05 bits per heavy atom. The fourth-order valence-corrected chi connectivity index (χ4v) is 2.60. The van der Waals surface area contributed by atoms with Crippen molar-refractivity contribution in [3.05, 3.63) is 34.1 Å². The number of nitrogens with zero attached hydrogens (tertiary/aromatic N) is 1. The van der Waals surface area contributed by atoms with Crippen molar-refractivity contribution in [3.63, 3.8) is 0 Å². The highest BCUT2D eigenvalue weighted by atomic mass is 79.9. The standard InChI is InChI=1S/C15H19BrFNO2/c1-2-8-20-12-4-3-7-18(10-12)15(19)11-5-6-13(16)14(17)9-11/h5-6,9,12H,2-4,7-8,10H2,1H3. The number of rotatable bonds is 4. The number of carbonyl (C=O) groups excluding carboxylic acids is 1. The molecule has 0 spiro atoms. The zero-order valence-corrected chi connectivity index (χ0v) is 13.2. The van der Waals surface area contributed by atoms with Crippen LogP contribution >= 0.6 is 15.9 Å². The molecule has 20 heavy (non-hydrogen) atoms. The van der Waals surface area contributed by atoms with Crippen LogP contribution in [0.25, 0.3) is 0 Å². The first-order valence-corrected chi connectivity index (χ1v) is 7.77. The van der Waals surface area contributed by atoms with Gasteiger partial charge in [-0.1, -0.05) is 6.92 Å². The van der Waals surface area contributed by atoms with E-state index in [1.54, 1.807) is 17.0 Å². The first kappa shape index (κ1) is 15.4. The molecule has 0 aliphatic carbocycles. The van der Waals surface area contributed by atoms with Crippen LogP contribution in [0.5, 0.6) is 0 Å². The monoisotopic (exact) mass is 343 g/mol. The summed E-state index contributed by atoms with van der Waals surface area (Å²) in [5, 5.41) is 0. The average molecular weight is 344 g/mol. The summed E-state index contributed by atoms with van der Waals surface area (Å²) in [6.45, 7) is 4.09. The zero-order valence-electron chi connectivity index (χ0n) is 11.6. The molecule has 0 N–H and O–H groups in total. The lowest BCUT2D eigenvalue weighted by atomic mass is 10.1. The molecular formula is C15H19BrFNO2. The van der Waals surface area contributed by atoms with E-state index in [9.17, 15) is 9.18 Å². The van der Waals surface area contributed by atoms with E-state index in [4.69, 9.17) is 4.74 Å². The lowest BCUT2D eigenvalue weighted by Gasteiger charge is -2.32. The van der Waals surface area contributed by atoms with Crippen LogP contribution < -0.4 is 0 Å². The molecule has 1 saturated heterocycles. The molecule has 0 radical (unpaired) electrons. The van der Waals surface area contributed by atoms with Crippen molar-refractivity contribution in [2.45, 2.75) is 32.3 Å². The number of ether oxygens (including phenoxy) is 1. The summed E-state index contributed by atoms with van der Waals surface area (Å²) in [6, 6.07) is 4.49. The smallest absolute Gasteiger partial charge is 0.254 e. The predicted octanol–water partition coefficient (Wildman–Crippen LogP) is 3.62. The van der Waals surface area contributed by atoms with Crippen molar-refractivity contribution in [2.24, 2.45) is 0 Å². The zero-order chi connectivity index (χ0) is 14.5. The van der Waals surface area contributed by atoms with Crippen molar-refractivity contribution in [3.8, 4) is 0 Å². The van der Waals surface area contributed by atoms with Gasteiger partial charge in [0.15, 0.2) is 0 Å². The molecule has 0 aromatic heterocycles. The summed E-state index contributed by atoms with van der Waals surface area (Å²) >= 11 is 3.09. The van der Waals surface area contributed by atoms with E-state index < -0.39 is 5.82 Å². The largest absolute Gasteiger partial charge is 0.376 e. The molecule has 1 fully saturated rings. The van der Waals surface area contributed by atoms with E-state index in [-0.39, 0.29) is 12.0 Å². The summed E-state index contributed by atoms with van der Waals surface area (Å²) < 4.78 is 19.6. The van der Waals surface area contributed by atoms with Gasteiger partial charge in [-0.2, -0.15) is 0 Å². The van der Waals surface area contributed by atoms with Crippen LogP contribution in [0.2, 0.25) is 0 Å². The molecule has 1 aromatic rings. The van der Waals surface area contributed by atoms with Gasteiger partial charge in [0.1, 0.15) is 5.82 Å². The Labute approximate surface area is 127 Å². The van der Waals surface area contributed by atoms with Gasteiger partial charge in [-0.05, 0) is 53.4 Å². The van der Waals surface area contributed by atoms with Gasteiger partial charge in [-0.15, -0.1) is 0 Å². The fraction of sp³-hybridized carbons (Fsp3) is 0.533. The minimum absolute atomic E-state index is 0.105. The second-order valence-corrected chi connectivity index (χ2v) is 5.87. The van der Waals surface area contributed by atoms with E-state index in [1.807, 2.05) is 0 Å². The maximum absolute atomic E-state index is 13.5. The highest BCUT2D eigenvalue weighted by Gasteiger charge is 2.25. The number of piperidine rings is 1. The van der Waals surface area contributed by atoms with Crippen LogP contribution in [0.3, 0.4) is 0 Å². The van der Waals surface area contributed by atoms with Crippen molar-refractivity contribution >= 4 is 21.8 Å². The molecule has 0 bridgehead atoms. The van der Waals surface area contributed by atoms with Gasteiger partial charge >= 0.3 is 0 Å². The molecule has 1 amide bonds. The minimum atomic E-state index is -0.411. The van der Waals surface area contributed by atoms with Gasteiger partial charge in [0.2, 0.25) is 0 Å². The van der Waals surface area contributed by atoms with Crippen LogP contribution in [-0.4, -0.2) is 36.6 Å². The molecule has 1 atom stereocenters. The number of amides is 1. The van der Waals surface area contributed by atoms with Gasteiger partial charge in [0.25, 0.3) is 5.91 Å². The molecular weight excluding hydrogens is 325 g/mol. The number of carbonyl (C=O) groups is 1. The van der Waals surface area contributed by atoms with Crippen molar-refractivity contribution in [2.75, 3.05) is 19.7 Å². The Morgan fingerprint density at radius 2 is 2.35 bits per heavy atom. The highest BCUT2D eigenvalue weighted by Crippen LogP contribution is 2.20. The van der Waals surface area contributed by atoms with Gasteiger partial charge in [-0.3, -0.25) is 4.79 Å². The Morgan fingerprint density at radius 1 is 1.55 bits per heavy atom. The molecule has 2 rings (SSSR count). The van der Waals surface area contributed by atoms with Gasteiger partial charge in [0.05, 0.1) is 10.6 Å². The highest BCUT2D eigenvalue weighted by molar-refractivity contribution is 9.10. The van der Waals surface area contributed by atoms with Crippen molar-refractivity contribution < 1.29 is 13.9 Å². The maximum Gasteiger partial charge on any atom is 0.254 e. The summed E-state index contributed by atoms with van der Waals surface area (Å²) in [4.78, 5) is 14.1. The Balaban J connectivity index is 2.02. The topological polar surface area (TPSA) is 29.5 Å². The van der Waals surface area contributed by atoms with Crippen LogP contribution in [-0.2, 0) is 4.74 Å². The quantitative estimate of drug-likeness (QED) is 0.835. The molecule has 1 aromatic carbocycles. The SMILES string of the molecule is CCCOC1CCCN(C(=O)c2ccc(Br)c(F)c2)C1. The summed E-state index contributed by atoms with van der Waals surface area (Å²) in [6.07, 6.45) is 2.99. The molecule has 1 aliphatic heterocycles. The molecule has 0 saturated carbocycles. The number of halogens is 2. The predicted molar refractivity (Wildman–Crippen MR) is 79.3 cm³/mol. The first-order chi connectivity index (χ1) is 9.61. The van der Waals surface area contributed by atoms with Gasteiger partial charge in [0, 0.05) is 25.3 Å². The van der Waals surface area contributed by atoms with E-state index in [1.165, 1.54) is 6.07 Å². The molecule has 1 aliphatic rings. The average Bonchev–Trinajstić information content (AvgIpc) is 2.47. The summed E-state index contributed by atoms with van der Waals surface area (Å²) in [5.74, 6) is -0.534. The lowest BCUT2D eigenvalue weighted by Crippen LogP contribution is -2.43. The third-order valence-corrected chi connectivity index (χ3v) is 4.03. The number of hydrogen-bond acceptors (Lipinski definition) is 2. The van der Waals surface area contributed by atoms with E-state index in [2.05, 4.69) is 22.9 Å². The van der Waals surface area contributed by atoms with E-state index in [0.717, 1.165) is 25.9 Å². The van der Waals surface area contributed by atoms with Crippen molar-refractivity contribution in [1.29, 1.82) is 0 Å². The van der Waals surface area contributed by atoms with Crippen LogP contribution in [0.1, 0.15) is 36.5 Å². The number of likely N-dealkylation sites (tertiary alicyclic amines) is 1. The second kappa shape index (κ2) is 7.18.